The van der Waals surface area contributed by atoms with E-state index in [9.17, 15) is 0 Å². The van der Waals surface area contributed by atoms with Crippen molar-refractivity contribution in [2.24, 2.45) is 16.6 Å². The highest BCUT2D eigenvalue weighted by Crippen LogP contribution is 2.52. The Kier molecular flexibility index (Phi) is 8.97. The number of allylic oxidation sites excluding steroid dienone is 1. The Morgan fingerprint density at radius 3 is 2.02 bits per heavy atom. The van der Waals surface area contributed by atoms with E-state index in [2.05, 4.69) is 181 Å². The lowest BCUT2D eigenvalue weighted by molar-refractivity contribution is 0.478. The van der Waals surface area contributed by atoms with Gasteiger partial charge in [-0.05, 0) is 96.1 Å². The summed E-state index contributed by atoms with van der Waals surface area (Å²) in [5.41, 5.74) is 17.3. The average molecular weight is 715 g/mol. The van der Waals surface area contributed by atoms with Gasteiger partial charge in [0.15, 0.2) is 11.5 Å². The second-order valence-electron chi connectivity index (χ2n) is 14.2. The number of benzene rings is 7. The van der Waals surface area contributed by atoms with Crippen molar-refractivity contribution in [2.75, 3.05) is 4.90 Å². The van der Waals surface area contributed by atoms with E-state index in [0.717, 1.165) is 79.3 Å². The van der Waals surface area contributed by atoms with Crippen molar-refractivity contribution in [3.05, 3.63) is 199 Å². The van der Waals surface area contributed by atoms with Gasteiger partial charge in [-0.1, -0.05) is 129 Å². The van der Waals surface area contributed by atoms with Crippen molar-refractivity contribution >= 4 is 50.4 Å². The number of nitrogens with zero attached hydrogens (tertiary/aromatic N) is 3. The van der Waals surface area contributed by atoms with Crippen LogP contribution in [0, 0.1) is 5.92 Å². The number of nitrogens with two attached hydrogens (primary N) is 1. The molecule has 0 bridgehead atoms. The van der Waals surface area contributed by atoms with E-state index in [4.69, 9.17) is 15.5 Å². The first-order valence-corrected chi connectivity index (χ1v) is 19.0. The smallest absolute Gasteiger partial charge is 0.152 e. The fourth-order valence-corrected chi connectivity index (χ4v) is 7.96. The molecule has 0 saturated heterocycles. The van der Waals surface area contributed by atoms with E-state index in [0.29, 0.717) is 11.8 Å². The molecule has 55 heavy (non-hydrogen) atoms. The summed E-state index contributed by atoms with van der Waals surface area (Å²) in [4.78, 5) is 7.40. The Bertz CT molecular complexity index is 2680. The summed E-state index contributed by atoms with van der Waals surface area (Å²) < 4.78 is 8.92. The van der Waals surface area contributed by atoms with Crippen molar-refractivity contribution in [3.8, 4) is 17.2 Å². The number of anilines is 3. The molecule has 5 heteroatoms. The normalized spacial score (nSPS) is 14.0. The second-order valence-corrected chi connectivity index (χ2v) is 14.2. The van der Waals surface area contributed by atoms with E-state index in [1.807, 2.05) is 24.3 Å². The summed E-state index contributed by atoms with van der Waals surface area (Å²) in [7, 11) is 0. The number of fused-ring (bicyclic) bond motifs is 5. The topological polar surface area (TPSA) is 55.8 Å². The van der Waals surface area contributed by atoms with Gasteiger partial charge in [0, 0.05) is 27.7 Å². The van der Waals surface area contributed by atoms with Gasteiger partial charge in [-0.15, -0.1) is 0 Å². The van der Waals surface area contributed by atoms with Gasteiger partial charge in [0.1, 0.15) is 5.84 Å². The lowest BCUT2D eigenvalue weighted by Gasteiger charge is -2.33. The number of ether oxygens (including phenoxy) is 1. The van der Waals surface area contributed by atoms with Gasteiger partial charge in [-0.3, -0.25) is 0 Å². The molecule has 1 aliphatic rings. The maximum Gasteiger partial charge on any atom is 0.152 e. The first-order valence-electron chi connectivity index (χ1n) is 19.0. The molecule has 0 amide bonds. The molecule has 0 saturated carbocycles. The summed E-state index contributed by atoms with van der Waals surface area (Å²) in [6.07, 6.45) is 3.29. The van der Waals surface area contributed by atoms with Crippen LogP contribution in [0.2, 0.25) is 0 Å². The largest absolute Gasteiger partial charge is 0.453 e. The SMILES string of the molecule is CCC(/C=C(\N=C(N)c1ccc(-n2c3ccccc3c3cc4c(cc32)N(c2ccccc2)c2ccccc2O4)cc1)c1ccccc1)C(C)c1ccccc1. The summed E-state index contributed by atoms with van der Waals surface area (Å²) in [6.45, 7) is 4.54. The third-order valence-corrected chi connectivity index (χ3v) is 10.9. The molecule has 0 aliphatic carbocycles. The maximum atomic E-state index is 6.86. The highest BCUT2D eigenvalue weighted by molar-refractivity contribution is 6.12. The van der Waals surface area contributed by atoms with Crippen molar-refractivity contribution < 1.29 is 4.74 Å². The minimum atomic E-state index is 0.286. The zero-order chi connectivity index (χ0) is 37.3. The van der Waals surface area contributed by atoms with Crippen molar-refractivity contribution in [1.29, 1.82) is 0 Å². The molecule has 9 rings (SSSR count). The molecule has 2 heterocycles. The summed E-state index contributed by atoms with van der Waals surface area (Å²) in [5, 5.41) is 2.28. The molecular weight excluding hydrogens is 673 g/mol. The van der Waals surface area contributed by atoms with Gasteiger partial charge in [-0.2, -0.15) is 0 Å². The molecule has 5 nitrogen and oxygen atoms in total. The van der Waals surface area contributed by atoms with Crippen LogP contribution in [-0.4, -0.2) is 10.4 Å². The number of rotatable bonds is 9. The Balaban J connectivity index is 1.12. The van der Waals surface area contributed by atoms with Crippen LogP contribution in [0.5, 0.6) is 11.5 Å². The molecular formula is C50H42N4O. The van der Waals surface area contributed by atoms with Gasteiger partial charge in [-0.25, -0.2) is 4.99 Å². The second kappa shape index (κ2) is 14.5. The van der Waals surface area contributed by atoms with Gasteiger partial charge in [0.2, 0.25) is 0 Å². The fraction of sp³-hybridized carbons (Fsp3) is 0.100. The first kappa shape index (κ1) is 34.0. The molecule has 1 aliphatic heterocycles. The predicted molar refractivity (Wildman–Crippen MR) is 229 cm³/mol. The molecule has 0 fully saturated rings. The van der Waals surface area contributed by atoms with Gasteiger partial charge < -0.3 is 19.9 Å². The van der Waals surface area contributed by atoms with Gasteiger partial charge >= 0.3 is 0 Å². The summed E-state index contributed by atoms with van der Waals surface area (Å²) in [6, 6.07) is 61.2. The van der Waals surface area contributed by atoms with Crippen LogP contribution < -0.4 is 15.4 Å². The summed E-state index contributed by atoms with van der Waals surface area (Å²) >= 11 is 0. The van der Waals surface area contributed by atoms with Crippen LogP contribution in [0.25, 0.3) is 33.2 Å². The monoisotopic (exact) mass is 714 g/mol. The van der Waals surface area contributed by atoms with Crippen molar-refractivity contribution in [2.45, 2.75) is 26.2 Å². The Morgan fingerprint density at radius 2 is 1.27 bits per heavy atom. The van der Waals surface area contributed by atoms with E-state index in [-0.39, 0.29) is 5.92 Å². The minimum absolute atomic E-state index is 0.286. The van der Waals surface area contributed by atoms with E-state index in [1.165, 1.54) is 5.56 Å². The highest BCUT2D eigenvalue weighted by Gasteiger charge is 2.28. The minimum Gasteiger partial charge on any atom is -0.453 e. The quantitative estimate of drug-likeness (QED) is 0.120. The van der Waals surface area contributed by atoms with Crippen LogP contribution in [0.1, 0.15) is 42.9 Å². The zero-order valence-electron chi connectivity index (χ0n) is 31.0. The Morgan fingerprint density at radius 1 is 0.618 bits per heavy atom. The molecule has 2 atom stereocenters. The molecule has 7 aromatic carbocycles. The molecule has 2 N–H and O–H groups in total. The van der Waals surface area contributed by atoms with E-state index < -0.39 is 0 Å². The molecule has 268 valence electrons. The van der Waals surface area contributed by atoms with Crippen molar-refractivity contribution in [1.82, 2.24) is 4.57 Å². The third kappa shape index (κ3) is 6.34. The van der Waals surface area contributed by atoms with Gasteiger partial charge in [0.05, 0.1) is 28.1 Å². The first-order chi connectivity index (χ1) is 27.1. The van der Waals surface area contributed by atoms with Crippen LogP contribution in [-0.2, 0) is 0 Å². The number of aromatic nitrogens is 1. The number of para-hydroxylation sites is 4. The van der Waals surface area contributed by atoms with Crippen molar-refractivity contribution in [3.63, 3.8) is 0 Å². The summed E-state index contributed by atoms with van der Waals surface area (Å²) in [5.74, 6) is 2.75. The molecule has 0 spiro atoms. The Labute approximate surface area is 322 Å². The van der Waals surface area contributed by atoms with E-state index in [1.54, 1.807) is 0 Å². The fourth-order valence-electron chi connectivity index (χ4n) is 7.96. The molecule has 2 unspecified atom stereocenters. The van der Waals surface area contributed by atoms with E-state index >= 15 is 0 Å². The van der Waals surface area contributed by atoms with Crippen LogP contribution >= 0.6 is 0 Å². The number of aliphatic imine (C=N–C) groups is 1. The lowest BCUT2D eigenvalue weighted by atomic mass is 9.84. The predicted octanol–water partition coefficient (Wildman–Crippen LogP) is 12.9. The molecule has 0 radical (unpaired) electrons. The lowest BCUT2D eigenvalue weighted by Crippen LogP contribution is -2.15. The van der Waals surface area contributed by atoms with Gasteiger partial charge in [0.25, 0.3) is 0 Å². The number of hydrogen-bond donors (Lipinski definition) is 1. The number of hydrogen-bond acceptors (Lipinski definition) is 3. The van der Waals surface area contributed by atoms with Crippen LogP contribution in [0.3, 0.4) is 0 Å². The molecule has 8 aromatic rings. The Hall–Kier alpha value is -6.85. The number of amidine groups is 1. The standard InChI is InChI=1S/C50H42N4O/c1-3-35(34(2)36-17-7-4-8-18-36)31-43(37-19-9-5-10-20-37)52-50(51)38-27-29-40(30-28-38)53-44-24-14-13-23-41(44)42-32-49-47(33-46(42)53)54(39-21-11-6-12-22-39)45-25-15-16-26-48(45)55-49/h4-35H,3H2,1-2H3,(H2,51,52)/b43-31-. The van der Waals surface area contributed by atoms with Crippen LogP contribution in [0.4, 0.5) is 17.1 Å². The maximum absolute atomic E-state index is 6.86. The third-order valence-electron chi connectivity index (χ3n) is 10.9. The zero-order valence-corrected chi connectivity index (χ0v) is 31.0. The molecule has 1 aromatic heterocycles. The highest BCUT2D eigenvalue weighted by atomic mass is 16.5. The average Bonchev–Trinajstić information content (AvgIpc) is 3.57. The van der Waals surface area contributed by atoms with Crippen LogP contribution in [0.15, 0.2) is 187 Å².